The second kappa shape index (κ2) is 12.0. The fourth-order valence-electron chi connectivity index (χ4n) is 3.98. The number of hydrogen-bond donors (Lipinski definition) is 3. The highest BCUT2D eigenvalue weighted by Gasteiger charge is 2.21. The third-order valence-electron chi connectivity index (χ3n) is 6.03. The topological polar surface area (TPSA) is 105 Å². The first kappa shape index (κ1) is 25.6. The minimum Gasteiger partial charge on any atom is -0.492 e. The average Bonchev–Trinajstić information content (AvgIpc) is 2.89. The summed E-state index contributed by atoms with van der Waals surface area (Å²) in [4.78, 5) is 34.5. The van der Waals surface area contributed by atoms with Crippen LogP contribution in [-0.4, -0.2) is 41.5 Å². The molecule has 0 spiro atoms. The molecule has 3 heterocycles. The molecular weight excluding hydrogens is 478 g/mol. The van der Waals surface area contributed by atoms with Crippen molar-refractivity contribution in [3.63, 3.8) is 0 Å². The zero-order chi connectivity index (χ0) is 25.5. The molecule has 1 atom stereocenters. The van der Waals surface area contributed by atoms with Gasteiger partial charge in [-0.1, -0.05) is 31.5 Å². The van der Waals surface area contributed by atoms with Crippen molar-refractivity contribution in [1.82, 2.24) is 15.3 Å². The normalized spacial score (nSPS) is 15.4. The Morgan fingerprint density at radius 2 is 2.00 bits per heavy atom. The number of pyridine rings is 2. The molecule has 1 unspecified atom stereocenters. The zero-order valence-electron chi connectivity index (χ0n) is 20.4. The minimum atomic E-state index is -0.503. The number of halogens is 1. The average molecular weight is 508 g/mol. The third kappa shape index (κ3) is 6.59. The first-order valence-electron chi connectivity index (χ1n) is 12.1. The number of carbonyl (C=O) groups excluding carboxylic acids is 2. The molecule has 8 nitrogen and oxygen atoms in total. The smallest absolute Gasteiger partial charge is 0.277 e. The van der Waals surface area contributed by atoms with E-state index in [0.29, 0.717) is 34.7 Å². The van der Waals surface area contributed by atoms with Crippen LogP contribution in [0.25, 0.3) is 0 Å². The second-order valence-electron chi connectivity index (χ2n) is 9.10. The van der Waals surface area contributed by atoms with Crippen LogP contribution in [0, 0.1) is 5.92 Å². The summed E-state index contributed by atoms with van der Waals surface area (Å²) in [5.74, 6) is 0.656. The molecule has 0 bridgehead atoms. The van der Waals surface area contributed by atoms with Crippen molar-refractivity contribution in [1.29, 1.82) is 0 Å². The van der Waals surface area contributed by atoms with Crippen LogP contribution in [0.4, 0.5) is 11.5 Å². The lowest BCUT2D eigenvalue weighted by atomic mass is 9.99. The largest absolute Gasteiger partial charge is 0.492 e. The van der Waals surface area contributed by atoms with Crippen LogP contribution >= 0.6 is 11.6 Å². The fourth-order valence-corrected chi connectivity index (χ4v) is 4.09. The molecule has 2 amide bonds. The molecule has 1 aliphatic heterocycles. The van der Waals surface area contributed by atoms with Gasteiger partial charge in [-0.2, -0.15) is 0 Å². The summed E-state index contributed by atoms with van der Waals surface area (Å²) in [6.07, 6.45) is 5.13. The van der Waals surface area contributed by atoms with E-state index in [2.05, 4.69) is 39.8 Å². The Labute approximate surface area is 215 Å². The third-order valence-corrected chi connectivity index (χ3v) is 6.25. The number of carbonyl (C=O) groups is 2. The van der Waals surface area contributed by atoms with E-state index in [4.69, 9.17) is 16.3 Å². The van der Waals surface area contributed by atoms with Gasteiger partial charge in [-0.15, -0.1) is 0 Å². The van der Waals surface area contributed by atoms with Gasteiger partial charge in [-0.3, -0.25) is 9.59 Å². The molecule has 1 aromatic carbocycles. The first-order chi connectivity index (χ1) is 17.4. The summed E-state index contributed by atoms with van der Waals surface area (Å²) in [7, 11) is 0. The molecule has 1 aliphatic rings. The predicted molar refractivity (Wildman–Crippen MR) is 141 cm³/mol. The quantitative estimate of drug-likeness (QED) is 0.390. The molecule has 4 rings (SSSR count). The van der Waals surface area contributed by atoms with E-state index in [1.165, 1.54) is 12.4 Å². The number of hydrogen-bond acceptors (Lipinski definition) is 6. The van der Waals surface area contributed by atoms with Gasteiger partial charge in [-0.25, -0.2) is 9.97 Å². The second-order valence-corrected chi connectivity index (χ2v) is 9.54. The van der Waals surface area contributed by atoms with E-state index in [1.807, 2.05) is 12.1 Å². The van der Waals surface area contributed by atoms with Crippen LogP contribution in [0.15, 0.2) is 54.9 Å². The number of anilines is 2. The van der Waals surface area contributed by atoms with Gasteiger partial charge in [0.15, 0.2) is 5.69 Å². The van der Waals surface area contributed by atoms with Crippen LogP contribution < -0.4 is 20.7 Å². The molecule has 0 radical (unpaired) electrons. The maximum atomic E-state index is 13.3. The van der Waals surface area contributed by atoms with E-state index < -0.39 is 5.91 Å². The van der Waals surface area contributed by atoms with Gasteiger partial charge in [0.05, 0.1) is 22.9 Å². The molecule has 1 saturated heterocycles. The van der Waals surface area contributed by atoms with Crippen LogP contribution in [0.3, 0.4) is 0 Å². The van der Waals surface area contributed by atoms with Crippen molar-refractivity contribution in [2.24, 2.45) is 5.92 Å². The molecule has 3 aromatic rings. The number of rotatable bonds is 8. The van der Waals surface area contributed by atoms with E-state index in [-0.39, 0.29) is 23.2 Å². The van der Waals surface area contributed by atoms with E-state index >= 15 is 0 Å². The lowest BCUT2D eigenvalue weighted by molar-refractivity contribution is 0.102. The summed E-state index contributed by atoms with van der Waals surface area (Å²) in [5.41, 5.74) is 1.83. The van der Waals surface area contributed by atoms with E-state index in [9.17, 15) is 9.59 Å². The summed E-state index contributed by atoms with van der Waals surface area (Å²) >= 11 is 5.86. The Kier molecular flexibility index (Phi) is 8.51. The Bertz CT molecular complexity index is 1210. The summed E-state index contributed by atoms with van der Waals surface area (Å²) in [5, 5.41) is 9.36. The van der Waals surface area contributed by atoms with Crippen molar-refractivity contribution < 1.29 is 14.3 Å². The van der Waals surface area contributed by atoms with Gasteiger partial charge < -0.3 is 20.7 Å². The van der Waals surface area contributed by atoms with E-state index in [1.54, 1.807) is 30.3 Å². The first-order valence-corrected chi connectivity index (χ1v) is 12.4. The number of piperidine rings is 1. The predicted octanol–water partition coefficient (Wildman–Crippen LogP) is 5.14. The maximum Gasteiger partial charge on any atom is 0.277 e. The molecule has 0 saturated carbocycles. The van der Waals surface area contributed by atoms with Crippen molar-refractivity contribution >= 4 is 34.9 Å². The van der Waals surface area contributed by atoms with Crippen molar-refractivity contribution in [2.75, 3.05) is 30.3 Å². The van der Waals surface area contributed by atoms with Crippen LogP contribution in [0.5, 0.6) is 5.75 Å². The molecule has 0 aliphatic carbocycles. The molecule has 3 N–H and O–H groups in total. The SMILES string of the molecule is CC(C)c1ccc(C(=O)Nc2cccnc2C(=O)Nc2ccc(Cl)cn2)c(OCC2CCCNC2)c1. The van der Waals surface area contributed by atoms with Crippen molar-refractivity contribution in [3.05, 3.63) is 76.7 Å². The van der Waals surface area contributed by atoms with Crippen LogP contribution in [0.2, 0.25) is 5.02 Å². The van der Waals surface area contributed by atoms with Gasteiger partial charge in [0.2, 0.25) is 0 Å². The molecular formula is C27H30ClN5O3. The molecule has 9 heteroatoms. The van der Waals surface area contributed by atoms with Crippen LogP contribution in [-0.2, 0) is 0 Å². The van der Waals surface area contributed by atoms with Crippen LogP contribution in [0.1, 0.15) is 59.0 Å². The lowest BCUT2D eigenvalue weighted by Crippen LogP contribution is -2.33. The number of benzene rings is 1. The zero-order valence-corrected chi connectivity index (χ0v) is 21.1. The van der Waals surface area contributed by atoms with Gasteiger partial charge in [0.25, 0.3) is 11.8 Å². The van der Waals surface area contributed by atoms with Gasteiger partial charge in [0, 0.05) is 24.9 Å². The van der Waals surface area contributed by atoms with Gasteiger partial charge in [0.1, 0.15) is 11.6 Å². The highest BCUT2D eigenvalue weighted by atomic mass is 35.5. The molecule has 188 valence electrons. The maximum absolute atomic E-state index is 13.3. The Morgan fingerprint density at radius 3 is 2.72 bits per heavy atom. The Hall–Kier alpha value is -3.49. The number of nitrogens with one attached hydrogen (secondary N) is 3. The summed E-state index contributed by atoms with van der Waals surface area (Å²) in [6.45, 7) is 6.66. The molecule has 2 aromatic heterocycles. The number of amides is 2. The molecule has 1 fully saturated rings. The summed E-state index contributed by atoms with van der Waals surface area (Å²) in [6, 6.07) is 12.1. The van der Waals surface area contributed by atoms with E-state index in [0.717, 1.165) is 31.5 Å². The number of aromatic nitrogens is 2. The summed E-state index contributed by atoms with van der Waals surface area (Å²) < 4.78 is 6.18. The fraction of sp³-hybridized carbons (Fsp3) is 0.333. The minimum absolute atomic E-state index is 0.0668. The monoisotopic (exact) mass is 507 g/mol. The van der Waals surface area contributed by atoms with Gasteiger partial charge >= 0.3 is 0 Å². The molecule has 36 heavy (non-hydrogen) atoms. The Morgan fingerprint density at radius 1 is 1.14 bits per heavy atom. The number of nitrogens with zero attached hydrogens (tertiary/aromatic N) is 2. The highest BCUT2D eigenvalue weighted by Crippen LogP contribution is 2.27. The number of ether oxygens (including phenoxy) is 1. The lowest BCUT2D eigenvalue weighted by Gasteiger charge is -2.23. The highest BCUT2D eigenvalue weighted by molar-refractivity contribution is 6.30. The Balaban J connectivity index is 1.53. The van der Waals surface area contributed by atoms with Crippen molar-refractivity contribution in [3.8, 4) is 5.75 Å². The van der Waals surface area contributed by atoms with Crippen molar-refractivity contribution in [2.45, 2.75) is 32.6 Å². The standard InChI is InChI=1S/C27H30ClN5O3/c1-17(2)19-7-9-21(23(13-19)36-16-18-5-3-11-29-14-18)26(34)32-22-6-4-12-30-25(22)27(35)33-24-10-8-20(28)15-31-24/h4,6-10,12-13,15,17-18,29H,3,5,11,14,16H2,1-2H3,(H,32,34)(H,31,33,35). The van der Waals surface area contributed by atoms with Gasteiger partial charge in [-0.05, 0) is 67.3 Å².